The molecule has 1 aliphatic heterocycles. The first-order chi connectivity index (χ1) is 8.42. The zero-order chi connectivity index (χ0) is 13.3. The molecule has 1 saturated heterocycles. The van der Waals surface area contributed by atoms with Crippen LogP contribution in [0.1, 0.15) is 32.1 Å². The predicted molar refractivity (Wildman–Crippen MR) is 72.9 cm³/mol. The van der Waals surface area contributed by atoms with E-state index in [1.807, 2.05) is 0 Å². The van der Waals surface area contributed by atoms with Gasteiger partial charge in [0.05, 0.1) is 16.8 Å². The quantitative estimate of drug-likeness (QED) is 0.719. The molecular weight excluding hydrogens is 272 g/mol. The Morgan fingerprint density at radius 2 is 1.94 bits per heavy atom. The van der Waals surface area contributed by atoms with Crippen LogP contribution in [0.15, 0.2) is 0 Å². The van der Waals surface area contributed by atoms with Crippen molar-refractivity contribution >= 4 is 33.0 Å². The largest absolute Gasteiger partial charge is 0.392 e. The van der Waals surface area contributed by atoms with Gasteiger partial charge in [-0.15, -0.1) is 0 Å². The van der Waals surface area contributed by atoms with Crippen molar-refractivity contribution in [3.8, 4) is 0 Å². The van der Waals surface area contributed by atoms with Gasteiger partial charge in [0, 0.05) is 0 Å². The van der Waals surface area contributed by atoms with Crippen LogP contribution in [0.25, 0.3) is 0 Å². The third-order valence-corrected chi connectivity index (χ3v) is 6.00. The van der Waals surface area contributed by atoms with Gasteiger partial charge in [-0.2, -0.15) is 0 Å². The summed E-state index contributed by atoms with van der Waals surface area (Å²) in [7, 11) is -3.30. The fraction of sp³-hybridized carbons (Fsp3) is 0.818. The average Bonchev–Trinajstić information content (AvgIpc) is 3.08. The number of amides is 1. The topological polar surface area (TPSA) is 89.3 Å². The van der Waals surface area contributed by atoms with Crippen LogP contribution in [0.3, 0.4) is 0 Å². The highest BCUT2D eigenvalue weighted by Crippen LogP contribution is 2.33. The lowest BCUT2D eigenvalue weighted by Gasteiger charge is -2.24. The Balaban J connectivity index is 2.04. The highest BCUT2D eigenvalue weighted by atomic mass is 32.2. The SMILES string of the molecule is NC(=S)C(NC(=O)C1CCCCS1(=O)=O)C1CC1. The van der Waals surface area contributed by atoms with Crippen molar-refractivity contribution in [3.05, 3.63) is 0 Å². The first-order valence-corrected chi connectivity index (χ1v) is 8.35. The minimum Gasteiger partial charge on any atom is -0.392 e. The number of nitrogens with one attached hydrogen (secondary N) is 1. The Labute approximate surface area is 112 Å². The van der Waals surface area contributed by atoms with Gasteiger partial charge < -0.3 is 11.1 Å². The van der Waals surface area contributed by atoms with E-state index in [4.69, 9.17) is 18.0 Å². The minimum absolute atomic E-state index is 0.103. The van der Waals surface area contributed by atoms with E-state index in [2.05, 4.69) is 5.32 Å². The Hall–Kier alpha value is -0.690. The molecule has 0 bridgehead atoms. The van der Waals surface area contributed by atoms with Gasteiger partial charge in [-0.05, 0) is 31.6 Å². The molecule has 5 nitrogen and oxygen atoms in total. The lowest BCUT2D eigenvalue weighted by molar-refractivity contribution is -0.121. The van der Waals surface area contributed by atoms with Crippen molar-refractivity contribution in [2.45, 2.75) is 43.4 Å². The summed E-state index contributed by atoms with van der Waals surface area (Å²) in [4.78, 5) is 12.3. The Morgan fingerprint density at radius 3 is 2.44 bits per heavy atom. The van der Waals surface area contributed by atoms with E-state index in [0.717, 1.165) is 19.3 Å². The second kappa shape index (κ2) is 5.13. The Bertz CT molecular complexity index is 457. The standard InChI is InChI=1S/C11H18N2O3S2/c12-10(17)9(7-4-5-7)13-11(14)8-3-1-2-6-18(8,15)16/h7-9H,1-6H2,(H2,12,17)(H,13,14). The van der Waals surface area contributed by atoms with Gasteiger partial charge in [0.25, 0.3) is 0 Å². The average molecular weight is 290 g/mol. The van der Waals surface area contributed by atoms with E-state index in [9.17, 15) is 13.2 Å². The van der Waals surface area contributed by atoms with Crippen LogP contribution < -0.4 is 11.1 Å². The zero-order valence-electron chi connectivity index (χ0n) is 10.1. The molecule has 1 heterocycles. The third kappa shape index (κ3) is 3.00. The monoisotopic (exact) mass is 290 g/mol. The van der Waals surface area contributed by atoms with Crippen LogP contribution in [0.4, 0.5) is 0 Å². The lowest BCUT2D eigenvalue weighted by Crippen LogP contribution is -2.51. The summed E-state index contributed by atoms with van der Waals surface area (Å²) >= 11 is 4.92. The van der Waals surface area contributed by atoms with E-state index < -0.39 is 21.0 Å². The number of sulfone groups is 1. The van der Waals surface area contributed by atoms with E-state index in [0.29, 0.717) is 12.8 Å². The number of carbonyl (C=O) groups excluding carboxylic acids is 1. The number of hydrogen-bond acceptors (Lipinski definition) is 4. The van der Waals surface area contributed by atoms with Crippen LogP contribution in [0.2, 0.25) is 0 Å². The maximum absolute atomic E-state index is 12.1. The Morgan fingerprint density at radius 1 is 1.28 bits per heavy atom. The fourth-order valence-electron chi connectivity index (χ4n) is 2.35. The molecule has 1 saturated carbocycles. The number of rotatable bonds is 4. The molecule has 1 amide bonds. The summed E-state index contributed by atoms with van der Waals surface area (Å²) in [6.07, 6.45) is 3.80. The van der Waals surface area contributed by atoms with Crippen LogP contribution in [0, 0.1) is 5.92 Å². The van der Waals surface area contributed by atoms with Crippen molar-refractivity contribution < 1.29 is 13.2 Å². The number of nitrogens with two attached hydrogens (primary N) is 1. The summed E-state index contributed by atoms with van der Waals surface area (Å²) in [5.41, 5.74) is 5.59. The van der Waals surface area contributed by atoms with Crippen LogP contribution in [0.5, 0.6) is 0 Å². The number of thiocarbonyl (C=S) groups is 1. The molecule has 0 spiro atoms. The molecule has 7 heteroatoms. The van der Waals surface area contributed by atoms with E-state index in [-0.39, 0.29) is 22.7 Å². The maximum atomic E-state index is 12.1. The molecule has 102 valence electrons. The summed E-state index contributed by atoms with van der Waals surface area (Å²) in [6.45, 7) is 0. The molecule has 1 aliphatic carbocycles. The fourth-order valence-corrected chi connectivity index (χ4v) is 4.41. The van der Waals surface area contributed by atoms with E-state index in [1.165, 1.54) is 0 Å². The van der Waals surface area contributed by atoms with Gasteiger partial charge in [0.2, 0.25) is 5.91 Å². The van der Waals surface area contributed by atoms with Gasteiger partial charge >= 0.3 is 0 Å². The molecule has 2 unspecified atom stereocenters. The summed E-state index contributed by atoms with van der Waals surface area (Å²) in [5.74, 6) is -0.0381. The summed E-state index contributed by atoms with van der Waals surface area (Å²) in [6, 6.07) is -0.343. The van der Waals surface area contributed by atoms with Crippen molar-refractivity contribution in [1.82, 2.24) is 5.32 Å². The minimum atomic E-state index is -3.30. The van der Waals surface area contributed by atoms with Crippen molar-refractivity contribution in [2.75, 3.05) is 5.75 Å². The van der Waals surface area contributed by atoms with Crippen LogP contribution in [-0.2, 0) is 14.6 Å². The first-order valence-electron chi connectivity index (χ1n) is 6.23. The summed E-state index contributed by atoms with van der Waals surface area (Å²) < 4.78 is 23.7. The number of hydrogen-bond donors (Lipinski definition) is 2. The van der Waals surface area contributed by atoms with Crippen molar-refractivity contribution in [3.63, 3.8) is 0 Å². The second-order valence-corrected chi connectivity index (χ2v) is 7.85. The maximum Gasteiger partial charge on any atom is 0.238 e. The van der Waals surface area contributed by atoms with Crippen LogP contribution >= 0.6 is 12.2 Å². The van der Waals surface area contributed by atoms with Crippen molar-refractivity contribution in [2.24, 2.45) is 11.7 Å². The third-order valence-electron chi connectivity index (χ3n) is 3.57. The van der Waals surface area contributed by atoms with Gasteiger partial charge in [-0.1, -0.05) is 18.6 Å². The summed E-state index contributed by atoms with van der Waals surface area (Å²) in [5, 5.41) is 1.80. The smallest absolute Gasteiger partial charge is 0.238 e. The van der Waals surface area contributed by atoms with Crippen molar-refractivity contribution in [1.29, 1.82) is 0 Å². The molecule has 2 rings (SSSR count). The van der Waals surface area contributed by atoms with Gasteiger partial charge in [-0.3, -0.25) is 4.79 Å². The van der Waals surface area contributed by atoms with Gasteiger partial charge in [0.15, 0.2) is 9.84 Å². The molecule has 0 radical (unpaired) electrons. The predicted octanol–water partition coefficient (Wildman–Crippen LogP) is 0.135. The number of carbonyl (C=O) groups is 1. The highest BCUT2D eigenvalue weighted by Gasteiger charge is 2.39. The van der Waals surface area contributed by atoms with E-state index >= 15 is 0 Å². The molecule has 3 N–H and O–H groups in total. The molecule has 2 fully saturated rings. The normalized spacial score (nSPS) is 28.3. The molecule has 2 aliphatic rings. The lowest BCUT2D eigenvalue weighted by atomic mass is 10.1. The second-order valence-electron chi connectivity index (χ2n) is 5.08. The van der Waals surface area contributed by atoms with Crippen LogP contribution in [-0.4, -0.2) is 36.4 Å². The molecule has 18 heavy (non-hydrogen) atoms. The molecule has 0 aromatic heterocycles. The highest BCUT2D eigenvalue weighted by molar-refractivity contribution is 7.92. The first kappa shape index (κ1) is 13.7. The van der Waals surface area contributed by atoms with E-state index in [1.54, 1.807) is 0 Å². The molecular formula is C11H18N2O3S2. The molecule has 0 aromatic carbocycles. The molecule has 0 aromatic rings. The van der Waals surface area contributed by atoms with Gasteiger partial charge in [-0.25, -0.2) is 8.42 Å². The zero-order valence-corrected chi connectivity index (χ0v) is 11.7. The Kier molecular flexibility index (Phi) is 3.91. The van der Waals surface area contributed by atoms with Gasteiger partial charge in [0.1, 0.15) is 5.25 Å². The molecule has 2 atom stereocenters.